The zero-order chi connectivity index (χ0) is 25.0. The number of carboxylic acids is 1. The monoisotopic (exact) mass is 480 g/mol. The van der Waals surface area contributed by atoms with Gasteiger partial charge in [-0.3, -0.25) is 4.79 Å². The highest BCUT2D eigenvalue weighted by atomic mass is 16.5. The van der Waals surface area contributed by atoms with Crippen LogP contribution in [-0.2, 0) is 19.1 Å². The number of aliphatic carboxylic acids is 1. The van der Waals surface area contributed by atoms with Crippen molar-refractivity contribution in [1.82, 2.24) is 10.2 Å². The molecule has 2 aliphatic rings. The van der Waals surface area contributed by atoms with E-state index in [1.165, 1.54) is 23.0 Å². The molecule has 4 rings (SSSR count). The Morgan fingerprint density at radius 2 is 1.77 bits per heavy atom. The molecule has 1 fully saturated rings. The Morgan fingerprint density at radius 3 is 2.37 bits per heavy atom. The van der Waals surface area contributed by atoms with Gasteiger partial charge in [-0.25, -0.2) is 9.59 Å². The molecule has 2 aromatic carbocycles. The summed E-state index contributed by atoms with van der Waals surface area (Å²) in [7, 11) is 0. The van der Waals surface area contributed by atoms with E-state index in [9.17, 15) is 19.5 Å². The molecule has 2 aromatic rings. The molecule has 8 heteroatoms. The lowest BCUT2D eigenvalue weighted by atomic mass is 9.98. The Balaban J connectivity index is 1.29. The first-order valence-corrected chi connectivity index (χ1v) is 12.1. The molecule has 1 saturated heterocycles. The molecule has 0 bridgehead atoms. The lowest BCUT2D eigenvalue weighted by Crippen LogP contribution is -2.56. The van der Waals surface area contributed by atoms with E-state index in [0.717, 1.165) is 11.1 Å². The van der Waals surface area contributed by atoms with E-state index in [-0.39, 0.29) is 44.0 Å². The van der Waals surface area contributed by atoms with Crippen molar-refractivity contribution < 1.29 is 29.0 Å². The summed E-state index contributed by atoms with van der Waals surface area (Å²) in [5.74, 6) is -1.24. The van der Waals surface area contributed by atoms with Crippen molar-refractivity contribution in [3.63, 3.8) is 0 Å². The van der Waals surface area contributed by atoms with E-state index >= 15 is 0 Å². The number of ether oxygens (including phenoxy) is 2. The Kier molecular flexibility index (Phi) is 7.40. The van der Waals surface area contributed by atoms with Gasteiger partial charge in [-0.15, -0.1) is 0 Å². The highest BCUT2D eigenvalue weighted by Gasteiger charge is 2.40. The lowest BCUT2D eigenvalue weighted by Gasteiger charge is -2.37. The SMILES string of the molecule is CCC(CCC(=O)N1CCOC(C)(C(=O)O)C1)NC(=O)OCC1c2ccccc2-c2ccccc21. The fourth-order valence-corrected chi connectivity index (χ4v) is 4.85. The van der Waals surface area contributed by atoms with Gasteiger partial charge in [0.05, 0.1) is 13.2 Å². The molecule has 2 amide bonds. The number of carboxylic acid groups (broad SMARTS) is 1. The Labute approximate surface area is 205 Å². The van der Waals surface area contributed by atoms with Crippen molar-refractivity contribution in [2.45, 2.75) is 50.7 Å². The van der Waals surface area contributed by atoms with Crippen molar-refractivity contribution >= 4 is 18.0 Å². The summed E-state index contributed by atoms with van der Waals surface area (Å²) in [6.45, 7) is 4.20. The first-order valence-electron chi connectivity index (χ1n) is 12.1. The van der Waals surface area contributed by atoms with Crippen LogP contribution >= 0.6 is 0 Å². The van der Waals surface area contributed by atoms with Gasteiger partial charge in [0.2, 0.25) is 5.91 Å². The van der Waals surface area contributed by atoms with Crippen molar-refractivity contribution in [2.24, 2.45) is 0 Å². The number of nitrogens with one attached hydrogen (secondary N) is 1. The molecule has 2 atom stereocenters. The van der Waals surface area contributed by atoms with Crippen molar-refractivity contribution in [2.75, 3.05) is 26.3 Å². The van der Waals surface area contributed by atoms with Gasteiger partial charge in [0.1, 0.15) is 6.61 Å². The number of fused-ring (bicyclic) bond motifs is 3. The first-order chi connectivity index (χ1) is 16.8. The van der Waals surface area contributed by atoms with Crippen LogP contribution in [0.1, 0.15) is 50.2 Å². The summed E-state index contributed by atoms with van der Waals surface area (Å²) in [6, 6.07) is 16.1. The lowest BCUT2D eigenvalue weighted by molar-refractivity contribution is -0.177. The highest BCUT2D eigenvalue weighted by molar-refractivity contribution is 5.81. The minimum absolute atomic E-state index is 0.0117. The second kappa shape index (κ2) is 10.5. The quantitative estimate of drug-likeness (QED) is 0.596. The molecule has 0 radical (unpaired) electrons. The summed E-state index contributed by atoms with van der Waals surface area (Å²) < 4.78 is 11.0. The van der Waals surface area contributed by atoms with E-state index in [4.69, 9.17) is 9.47 Å². The molecule has 2 unspecified atom stereocenters. The van der Waals surface area contributed by atoms with Gasteiger partial charge in [-0.1, -0.05) is 55.5 Å². The first kappa shape index (κ1) is 24.7. The van der Waals surface area contributed by atoms with Crippen molar-refractivity contribution in [3.05, 3.63) is 59.7 Å². The van der Waals surface area contributed by atoms with Crippen LogP contribution in [0.2, 0.25) is 0 Å². The molecule has 0 saturated carbocycles. The smallest absolute Gasteiger partial charge is 0.407 e. The van der Waals surface area contributed by atoms with Gasteiger partial charge in [-0.2, -0.15) is 0 Å². The van der Waals surface area contributed by atoms with E-state index in [1.807, 2.05) is 31.2 Å². The largest absolute Gasteiger partial charge is 0.479 e. The Bertz CT molecular complexity index is 1060. The number of carbonyl (C=O) groups excluding carboxylic acids is 2. The molecule has 35 heavy (non-hydrogen) atoms. The predicted octanol–water partition coefficient (Wildman–Crippen LogP) is 3.79. The van der Waals surface area contributed by atoms with Crippen LogP contribution < -0.4 is 5.32 Å². The maximum atomic E-state index is 12.7. The van der Waals surface area contributed by atoms with E-state index in [2.05, 4.69) is 29.6 Å². The second-order valence-electron chi connectivity index (χ2n) is 9.31. The highest BCUT2D eigenvalue weighted by Crippen LogP contribution is 2.44. The molecule has 2 N–H and O–H groups in total. The minimum Gasteiger partial charge on any atom is -0.479 e. The number of carbonyl (C=O) groups is 3. The average molecular weight is 481 g/mol. The summed E-state index contributed by atoms with van der Waals surface area (Å²) in [4.78, 5) is 38.2. The molecule has 1 aliphatic carbocycles. The maximum absolute atomic E-state index is 12.7. The zero-order valence-corrected chi connectivity index (χ0v) is 20.2. The fraction of sp³-hybridized carbons (Fsp3) is 0.444. The topological polar surface area (TPSA) is 105 Å². The van der Waals surface area contributed by atoms with Gasteiger partial charge < -0.3 is 24.8 Å². The predicted molar refractivity (Wildman–Crippen MR) is 130 cm³/mol. The third-order valence-electron chi connectivity index (χ3n) is 6.94. The van der Waals surface area contributed by atoms with Gasteiger partial charge >= 0.3 is 12.1 Å². The van der Waals surface area contributed by atoms with Gasteiger partial charge in [0.25, 0.3) is 0 Å². The molecule has 1 heterocycles. The number of nitrogens with zero attached hydrogens (tertiary/aromatic N) is 1. The second-order valence-corrected chi connectivity index (χ2v) is 9.31. The Hall–Kier alpha value is -3.39. The van der Waals surface area contributed by atoms with E-state index in [0.29, 0.717) is 19.4 Å². The van der Waals surface area contributed by atoms with Crippen LogP contribution in [0.4, 0.5) is 4.79 Å². The third-order valence-corrected chi connectivity index (χ3v) is 6.94. The summed E-state index contributed by atoms with van der Waals surface area (Å²) in [5.41, 5.74) is 3.25. The number of hydrogen-bond acceptors (Lipinski definition) is 5. The number of alkyl carbamates (subject to hydrolysis) is 1. The number of amides is 2. The van der Waals surface area contributed by atoms with Crippen LogP contribution in [0, 0.1) is 0 Å². The van der Waals surface area contributed by atoms with Crippen LogP contribution in [-0.4, -0.2) is 65.9 Å². The molecule has 186 valence electrons. The van der Waals surface area contributed by atoms with Crippen molar-refractivity contribution in [3.8, 4) is 11.1 Å². The normalized spacial score (nSPS) is 20.0. The third kappa shape index (κ3) is 5.32. The Morgan fingerprint density at radius 1 is 1.14 bits per heavy atom. The number of benzene rings is 2. The fourth-order valence-electron chi connectivity index (χ4n) is 4.85. The summed E-state index contributed by atoms with van der Waals surface area (Å²) >= 11 is 0. The minimum atomic E-state index is -1.39. The summed E-state index contributed by atoms with van der Waals surface area (Å²) in [6.07, 6.45) is 0.794. The number of morpholine rings is 1. The standard InChI is InChI=1S/C27H32N2O6/c1-3-18(12-13-24(30)29-14-15-35-27(2,17-29)25(31)32)28-26(33)34-16-23-21-10-6-4-8-19(21)20-9-5-7-11-22(20)23/h4-11,18,23H,3,12-17H2,1-2H3,(H,28,33)(H,31,32). The van der Waals surface area contributed by atoms with E-state index in [1.54, 1.807) is 0 Å². The van der Waals surface area contributed by atoms with E-state index < -0.39 is 17.7 Å². The molecule has 0 spiro atoms. The molecule has 0 aromatic heterocycles. The maximum Gasteiger partial charge on any atom is 0.407 e. The van der Waals surface area contributed by atoms with Crippen molar-refractivity contribution in [1.29, 1.82) is 0 Å². The number of hydrogen-bond donors (Lipinski definition) is 2. The van der Waals surface area contributed by atoms with Crippen LogP contribution in [0.15, 0.2) is 48.5 Å². The molecule has 1 aliphatic heterocycles. The summed E-state index contributed by atoms with van der Waals surface area (Å²) in [5, 5.41) is 12.2. The van der Waals surface area contributed by atoms with Gasteiger partial charge in [-0.05, 0) is 42.0 Å². The zero-order valence-electron chi connectivity index (χ0n) is 20.2. The molecule has 8 nitrogen and oxygen atoms in total. The van der Waals surface area contributed by atoms with Crippen LogP contribution in [0.5, 0.6) is 0 Å². The van der Waals surface area contributed by atoms with Crippen LogP contribution in [0.3, 0.4) is 0 Å². The molecular formula is C27H32N2O6. The van der Waals surface area contributed by atoms with Gasteiger partial charge in [0.15, 0.2) is 5.60 Å². The molecular weight excluding hydrogens is 448 g/mol. The van der Waals surface area contributed by atoms with Crippen LogP contribution in [0.25, 0.3) is 11.1 Å². The average Bonchev–Trinajstić information content (AvgIpc) is 3.18. The van der Waals surface area contributed by atoms with Gasteiger partial charge in [0, 0.05) is 24.9 Å². The number of rotatable bonds is 8.